The molecule has 0 aliphatic carbocycles. The van der Waals surface area contributed by atoms with Crippen molar-refractivity contribution in [2.75, 3.05) is 6.54 Å². The number of carbonyl (C=O) groups is 1. The number of nitrogens with zero attached hydrogens (tertiary/aromatic N) is 1. The van der Waals surface area contributed by atoms with Crippen molar-refractivity contribution in [1.82, 2.24) is 5.32 Å². The molecule has 0 aromatic heterocycles. The molecule has 0 unspecified atom stereocenters. The van der Waals surface area contributed by atoms with E-state index in [2.05, 4.69) is 5.32 Å². The lowest BCUT2D eigenvalue weighted by Crippen LogP contribution is -2.19. The van der Waals surface area contributed by atoms with E-state index in [4.69, 9.17) is 16.9 Å². The molecular weight excluding hydrogens is 224 g/mol. The van der Waals surface area contributed by atoms with Crippen LogP contribution in [0.2, 0.25) is 5.02 Å². The maximum absolute atomic E-state index is 10.6. The largest absolute Gasteiger partial charge is 0.353 e. The van der Waals surface area contributed by atoms with Crippen LogP contribution in [0.3, 0.4) is 0 Å². The molecule has 4 heteroatoms. The Hall–Kier alpha value is -1.79. The average molecular weight is 235 g/mol. The fourth-order valence-electron chi connectivity index (χ4n) is 1.12. The number of amides is 1. The fourth-order valence-corrected chi connectivity index (χ4v) is 1.36. The van der Waals surface area contributed by atoms with Gasteiger partial charge in [0.25, 0.3) is 0 Å². The molecule has 16 heavy (non-hydrogen) atoms. The first-order valence-electron chi connectivity index (χ1n) is 4.74. The van der Waals surface area contributed by atoms with Crippen molar-refractivity contribution in [2.24, 2.45) is 0 Å². The quantitative estimate of drug-likeness (QED) is 0.873. The summed E-state index contributed by atoms with van der Waals surface area (Å²) in [6.45, 7) is 1.92. The first-order chi connectivity index (χ1) is 7.63. The van der Waals surface area contributed by atoms with Crippen LogP contribution in [0.1, 0.15) is 18.1 Å². The molecule has 0 radical (unpaired) electrons. The van der Waals surface area contributed by atoms with Crippen molar-refractivity contribution in [3.8, 4) is 6.07 Å². The van der Waals surface area contributed by atoms with Gasteiger partial charge in [0.05, 0.1) is 11.6 Å². The normalized spacial score (nSPS) is 10.1. The number of carbonyl (C=O) groups excluding carboxylic acids is 1. The number of benzene rings is 1. The zero-order valence-electron chi connectivity index (χ0n) is 8.83. The molecule has 0 saturated carbocycles. The molecule has 0 aliphatic rings. The van der Waals surface area contributed by atoms with Gasteiger partial charge in [0.15, 0.2) is 0 Å². The molecule has 0 saturated heterocycles. The minimum atomic E-state index is -0.0735. The predicted molar refractivity (Wildman–Crippen MR) is 63.9 cm³/mol. The highest BCUT2D eigenvalue weighted by Gasteiger charge is 1.97. The summed E-state index contributed by atoms with van der Waals surface area (Å²) in [4.78, 5) is 10.6. The highest BCUT2D eigenvalue weighted by Crippen LogP contribution is 2.18. The minimum absolute atomic E-state index is 0.0735. The lowest BCUT2D eigenvalue weighted by Gasteiger charge is -1.99. The van der Waals surface area contributed by atoms with Gasteiger partial charge < -0.3 is 5.32 Å². The predicted octanol–water partition coefficient (Wildman–Crippen LogP) is 2.36. The lowest BCUT2D eigenvalue weighted by atomic mass is 10.1. The fraction of sp³-hybridized carbons (Fsp3) is 0.167. The van der Waals surface area contributed by atoms with Crippen LogP contribution in [-0.2, 0) is 4.79 Å². The number of rotatable bonds is 3. The Morgan fingerprint density at radius 1 is 1.62 bits per heavy atom. The SMILES string of the molecule is CC(=O)NCC=Cc1ccc(C#N)cc1Cl. The Balaban J connectivity index is 2.68. The molecule has 1 rings (SSSR count). The van der Waals surface area contributed by atoms with Gasteiger partial charge in [0, 0.05) is 18.5 Å². The molecule has 0 aliphatic heterocycles. The van der Waals surface area contributed by atoms with Gasteiger partial charge in [0.2, 0.25) is 5.91 Å². The first-order valence-corrected chi connectivity index (χ1v) is 5.12. The summed E-state index contributed by atoms with van der Waals surface area (Å²) in [5.41, 5.74) is 1.36. The zero-order valence-corrected chi connectivity index (χ0v) is 9.58. The van der Waals surface area contributed by atoms with Gasteiger partial charge in [-0.05, 0) is 17.7 Å². The third-order valence-electron chi connectivity index (χ3n) is 1.90. The van der Waals surface area contributed by atoms with Crippen LogP contribution in [0.15, 0.2) is 24.3 Å². The maximum atomic E-state index is 10.6. The summed E-state index contributed by atoms with van der Waals surface area (Å²) in [5, 5.41) is 11.8. The van der Waals surface area contributed by atoms with Crippen molar-refractivity contribution in [3.63, 3.8) is 0 Å². The van der Waals surface area contributed by atoms with Crippen LogP contribution in [0.5, 0.6) is 0 Å². The topological polar surface area (TPSA) is 52.9 Å². The second-order valence-corrected chi connectivity index (χ2v) is 3.59. The molecule has 0 spiro atoms. The van der Waals surface area contributed by atoms with Crippen LogP contribution in [0, 0.1) is 11.3 Å². The first kappa shape index (κ1) is 12.3. The van der Waals surface area contributed by atoms with Crippen LogP contribution < -0.4 is 5.32 Å². The second kappa shape index (κ2) is 5.94. The van der Waals surface area contributed by atoms with Crippen molar-refractivity contribution in [1.29, 1.82) is 5.26 Å². The summed E-state index contributed by atoms with van der Waals surface area (Å²) in [6.07, 6.45) is 3.61. The third-order valence-corrected chi connectivity index (χ3v) is 2.22. The maximum Gasteiger partial charge on any atom is 0.217 e. The van der Waals surface area contributed by atoms with Crippen LogP contribution in [0.4, 0.5) is 0 Å². The zero-order chi connectivity index (χ0) is 12.0. The Morgan fingerprint density at radius 2 is 2.38 bits per heavy atom. The summed E-state index contributed by atoms with van der Waals surface area (Å²) in [5.74, 6) is -0.0735. The Labute approximate surface area is 99.3 Å². The number of halogens is 1. The van der Waals surface area contributed by atoms with Crippen molar-refractivity contribution in [2.45, 2.75) is 6.92 Å². The van der Waals surface area contributed by atoms with E-state index >= 15 is 0 Å². The molecular formula is C12H11ClN2O. The number of nitriles is 1. The lowest BCUT2D eigenvalue weighted by molar-refractivity contribution is -0.118. The van der Waals surface area contributed by atoms with Crippen molar-refractivity contribution in [3.05, 3.63) is 40.4 Å². The Morgan fingerprint density at radius 3 is 2.94 bits per heavy atom. The summed E-state index contributed by atoms with van der Waals surface area (Å²) >= 11 is 5.96. The number of hydrogen-bond acceptors (Lipinski definition) is 2. The molecule has 1 aromatic carbocycles. The average Bonchev–Trinajstić information content (AvgIpc) is 2.25. The standard InChI is InChI=1S/C12H11ClN2O/c1-9(16)15-6-2-3-11-5-4-10(8-14)7-12(11)13/h2-5,7H,6H2,1H3,(H,15,16). The Bertz CT molecular complexity index is 461. The third kappa shape index (κ3) is 3.76. The second-order valence-electron chi connectivity index (χ2n) is 3.19. The van der Waals surface area contributed by atoms with E-state index in [1.807, 2.05) is 6.07 Å². The molecule has 1 aromatic rings. The summed E-state index contributed by atoms with van der Waals surface area (Å²) in [6, 6.07) is 7.09. The van der Waals surface area contributed by atoms with Gasteiger partial charge in [-0.25, -0.2) is 0 Å². The van der Waals surface area contributed by atoms with Crippen molar-refractivity contribution < 1.29 is 4.79 Å². The number of nitrogens with one attached hydrogen (secondary N) is 1. The molecule has 0 heterocycles. The van der Waals surface area contributed by atoms with Gasteiger partial charge in [-0.1, -0.05) is 29.8 Å². The summed E-state index contributed by atoms with van der Waals surface area (Å²) < 4.78 is 0. The minimum Gasteiger partial charge on any atom is -0.353 e. The van der Waals surface area contributed by atoms with Gasteiger partial charge in [0.1, 0.15) is 0 Å². The highest BCUT2D eigenvalue weighted by molar-refractivity contribution is 6.32. The number of hydrogen-bond donors (Lipinski definition) is 1. The van der Waals surface area contributed by atoms with Gasteiger partial charge in [-0.3, -0.25) is 4.79 Å². The summed E-state index contributed by atoms with van der Waals surface area (Å²) in [7, 11) is 0. The van der Waals surface area contributed by atoms with E-state index in [1.165, 1.54) is 6.92 Å². The monoisotopic (exact) mass is 234 g/mol. The van der Waals surface area contributed by atoms with E-state index in [-0.39, 0.29) is 5.91 Å². The van der Waals surface area contributed by atoms with E-state index in [1.54, 1.807) is 30.4 Å². The molecule has 0 atom stereocenters. The van der Waals surface area contributed by atoms with E-state index < -0.39 is 0 Å². The smallest absolute Gasteiger partial charge is 0.217 e. The van der Waals surface area contributed by atoms with Crippen LogP contribution in [-0.4, -0.2) is 12.5 Å². The van der Waals surface area contributed by atoms with Gasteiger partial charge in [-0.2, -0.15) is 5.26 Å². The van der Waals surface area contributed by atoms with Gasteiger partial charge >= 0.3 is 0 Å². The van der Waals surface area contributed by atoms with Crippen LogP contribution in [0.25, 0.3) is 6.08 Å². The molecule has 3 nitrogen and oxygen atoms in total. The van der Waals surface area contributed by atoms with Crippen LogP contribution >= 0.6 is 11.6 Å². The van der Waals surface area contributed by atoms with E-state index in [0.717, 1.165) is 5.56 Å². The van der Waals surface area contributed by atoms with E-state index in [0.29, 0.717) is 17.1 Å². The molecule has 0 fully saturated rings. The molecule has 0 bridgehead atoms. The van der Waals surface area contributed by atoms with E-state index in [9.17, 15) is 4.79 Å². The Kier molecular flexibility index (Phi) is 4.56. The molecule has 1 amide bonds. The molecule has 1 N–H and O–H groups in total. The highest BCUT2D eigenvalue weighted by atomic mass is 35.5. The molecule has 82 valence electrons. The van der Waals surface area contributed by atoms with Crippen molar-refractivity contribution >= 4 is 23.6 Å². The van der Waals surface area contributed by atoms with Gasteiger partial charge in [-0.15, -0.1) is 0 Å².